The first-order valence-electron chi connectivity index (χ1n) is 13.0. The summed E-state index contributed by atoms with van der Waals surface area (Å²) in [7, 11) is 1.74. The minimum Gasteiger partial charge on any atom is -0.463 e. The maximum atomic E-state index is 13.7. The molecule has 0 aliphatic carbocycles. The van der Waals surface area contributed by atoms with Crippen LogP contribution < -0.4 is 10.6 Å². The summed E-state index contributed by atoms with van der Waals surface area (Å²) in [5, 5.41) is 6.59. The number of carbonyl (C=O) groups excluding carboxylic acids is 3. The van der Waals surface area contributed by atoms with Crippen molar-refractivity contribution >= 4 is 17.8 Å². The van der Waals surface area contributed by atoms with Gasteiger partial charge in [0, 0.05) is 18.7 Å². The van der Waals surface area contributed by atoms with Crippen molar-refractivity contribution in [3.8, 4) is 0 Å². The predicted octanol–water partition coefficient (Wildman–Crippen LogP) is 4.46. The minimum atomic E-state index is -0.721. The molecule has 0 heterocycles. The number of hydrogen-bond acceptors (Lipinski definition) is 5. The molecule has 0 fully saturated rings. The molecule has 0 aliphatic heterocycles. The molecule has 7 nitrogen and oxygen atoms in total. The Bertz CT molecular complexity index is 683. The second-order valence-electron chi connectivity index (χ2n) is 10.2. The lowest BCUT2D eigenvalue weighted by atomic mass is 9.89. The van der Waals surface area contributed by atoms with Crippen LogP contribution in [0.1, 0.15) is 94.9 Å². The molecule has 7 heteroatoms. The van der Waals surface area contributed by atoms with Crippen LogP contribution in [0, 0.1) is 11.8 Å². The standard InChI is InChI=1S/C27H51N3O4/c1-12-21(10)29-27(13-2,14-3)26(33)28-22(16-18(5)6)24(31)30(11)23(19(7)8)17-20(9)25(32)34-15-4/h17-19,21-23,29H,12-16H2,1-11H3,(H,28,33)/b20-17+. The fraction of sp³-hybridized carbons (Fsp3) is 0.815. The van der Waals surface area contributed by atoms with E-state index in [-0.39, 0.29) is 41.7 Å². The van der Waals surface area contributed by atoms with Gasteiger partial charge in [0.1, 0.15) is 6.04 Å². The van der Waals surface area contributed by atoms with Crippen LogP contribution in [0.5, 0.6) is 0 Å². The first-order valence-corrected chi connectivity index (χ1v) is 13.0. The number of likely N-dealkylation sites (N-methyl/N-ethyl adjacent to an activating group) is 1. The summed E-state index contributed by atoms with van der Waals surface area (Å²) in [5.74, 6) is -0.376. The number of carbonyl (C=O) groups is 3. The molecular weight excluding hydrogens is 430 g/mol. The summed E-state index contributed by atoms with van der Waals surface area (Å²) in [4.78, 5) is 41.0. The highest BCUT2D eigenvalue weighted by Crippen LogP contribution is 2.21. The zero-order valence-corrected chi connectivity index (χ0v) is 23.6. The lowest BCUT2D eigenvalue weighted by Crippen LogP contribution is -2.62. The van der Waals surface area contributed by atoms with E-state index in [9.17, 15) is 14.4 Å². The van der Waals surface area contributed by atoms with E-state index in [1.54, 1.807) is 31.9 Å². The third kappa shape index (κ3) is 9.40. The molecule has 0 saturated carbocycles. The normalized spacial score (nSPS) is 15.1. The highest BCUT2D eigenvalue weighted by atomic mass is 16.5. The molecule has 0 aliphatic rings. The van der Waals surface area contributed by atoms with Crippen molar-refractivity contribution in [2.24, 2.45) is 11.8 Å². The van der Waals surface area contributed by atoms with Crippen molar-refractivity contribution in [3.63, 3.8) is 0 Å². The fourth-order valence-corrected chi connectivity index (χ4v) is 4.12. The molecule has 0 rings (SSSR count). The van der Waals surface area contributed by atoms with Crippen molar-refractivity contribution in [2.75, 3.05) is 13.7 Å². The molecule has 0 saturated heterocycles. The van der Waals surface area contributed by atoms with E-state index in [0.717, 1.165) is 6.42 Å². The second-order valence-corrected chi connectivity index (χ2v) is 10.2. The van der Waals surface area contributed by atoms with E-state index in [4.69, 9.17) is 4.74 Å². The molecule has 2 amide bonds. The van der Waals surface area contributed by atoms with Gasteiger partial charge in [-0.1, -0.05) is 54.5 Å². The molecule has 34 heavy (non-hydrogen) atoms. The molecule has 0 aromatic carbocycles. The average Bonchev–Trinajstić information content (AvgIpc) is 2.78. The Kier molecular flexibility index (Phi) is 14.3. The van der Waals surface area contributed by atoms with Crippen LogP contribution in [0.2, 0.25) is 0 Å². The molecule has 2 N–H and O–H groups in total. The Morgan fingerprint density at radius 1 is 1.00 bits per heavy atom. The van der Waals surface area contributed by atoms with E-state index in [1.807, 2.05) is 41.5 Å². The second kappa shape index (κ2) is 15.2. The van der Waals surface area contributed by atoms with Gasteiger partial charge >= 0.3 is 5.97 Å². The quantitative estimate of drug-likeness (QED) is 0.266. The van der Waals surface area contributed by atoms with Crippen LogP contribution >= 0.6 is 0 Å². The van der Waals surface area contributed by atoms with Gasteiger partial charge in [-0.2, -0.15) is 0 Å². The van der Waals surface area contributed by atoms with E-state index in [1.165, 1.54) is 0 Å². The number of amides is 2. The molecule has 3 atom stereocenters. The van der Waals surface area contributed by atoms with E-state index < -0.39 is 11.6 Å². The van der Waals surface area contributed by atoms with Gasteiger partial charge in [-0.25, -0.2) is 4.79 Å². The summed E-state index contributed by atoms with van der Waals surface area (Å²) in [6.07, 6.45) is 4.51. The Balaban J connectivity index is 5.97. The van der Waals surface area contributed by atoms with Crippen LogP contribution in [0.3, 0.4) is 0 Å². The number of rotatable bonds is 15. The van der Waals surface area contributed by atoms with Crippen molar-refractivity contribution in [1.82, 2.24) is 15.5 Å². The number of esters is 1. The molecule has 0 aromatic rings. The van der Waals surface area contributed by atoms with Crippen LogP contribution in [0.15, 0.2) is 11.6 Å². The molecule has 0 bridgehead atoms. The smallest absolute Gasteiger partial charge is 0.333 e. The van der Waals surface area contributed by atoms with Gasteiger partial charge in [-0.05, 0) is 58.3 Å². The maximum Gasteiger partial charge on any atom is 0.333 e. The molecule has 0 spiro atoms. The highest BCUT2D eigenvalue weighted by molar-refractivity contribution is 5.92. The SMILES string of the molecule is CCOC(=O)/C(C)=C/C(C(C)C)N(C)C(=O)C(CC(C)C)NC(=O)C(CC)(CC)NC(C)CC. The number of ether oxygens (including phenoxy) is 1. The number of nitrogens with zero attached hydrogens (tertiary/aromatic N) is 1. The van der Waals surface area contributed by atoms with Gasteiger partial charge in [0.2, 0.25) is 11.8 Å². The topological polar surface area (TPSA) is 87.7 Å². The molecule has 3 unspecified atom stereocenters. The third-order valence-electron chi connectivity index (χ3n) is 6.58. The van der Waals surface area contributed by atoms with Crippen LogP contribution in [0.25, 0.3) is 0 Å². The fourth-order valence-electron chi connectivity index (χ4n) is 4.12. The minimum absolute atomic E-state index is 0.0752. The van der Waals surface area contributed by atoms with Gasteiger partial charge in [-0.3, -0.25) is 9.59 Å². The molecule has 198 valence electrons. The Hall–Kier alpha value is -1.89. The van der Waals surface area contributed by atoms with Crippen LogP contribution in [-0.4, -0.2) is 60.0 Å². The molecule has 0 aromatic heterocycles. The first kappa shape index (κ1) is 32.1. The Labute approximate surface area is 208 Å². The van der Waals surface area contributed by atoms with Gasteiger partial charge in [-0.15, -0.1) is 0 Å². The summed E-state index contributed by atoms with van der Waals surface area (Å²) in [5.41, 5.74) is -0.250. The zero-order valence-electron chi connectivity index (χ0n) is 23.6. The van der Waals surface area contributed by atoms with E-state index in [2.05, 4.69) is 24.5 Å². The summed E-state index contributed by atoms with van der Waals surface area (Å²) >= 11 is 0. The number of hydrogen-bond donors (Lipinski definition) is 2. The largest absolute Gasteiger partial charge is 0.463 e. The summed E-state index contributed by atoms with van der Waals surface area (Å²) in [6, 6.07) is -0.760. The first-order chi connectivity index (χ1) is 15.8. The predicted molar refractivity (Wildman–Crippen MR) is 139 cm³/mol. The summed E-state index contributed by atoms with van der Waals surface area (Å²) < 4.78 is 5.11. The Morgan fingerprint density at radius 2 is 1.56 bits per heavy atom. The Morgan fingerprint density at radius 3 is 1.97 bits per heavy atom. The lowest BCUT2D eigenvalue weighted by molar-refractivity contribution is -0.140. The zero-order chi connectivity index (χ0) is 26.6. The maximum absolute atomic E-state index is 13.7. The van der Waals surface area contributed by atoms with Crippen molar-refractivity contribution in [2.45, 2.75) is 119 Å². The van der Waals surface area contributed by atoms with E-state index in [0.29, 0.717) is 31.4 Å². The van der Waals surface area contributed by atoms with Gasteiger partial charge in [0.15, 0.2) is 0 Å². The van der Waals surface area contributed by atoms with Gasteiger partial charge < -0.3 is 20.3 Å². The van der Waals surface area contributed by atoms with Crippen LogP contribution in [0.4, 0.5) is 0 Å². The van der Waals surface area contributed by atoms with Crippen molar-refractivity contribution in [1.29, 1.82) is 0 Å². The summed E-state index contributed by atoms with van der Waals surface area (Å²) in [6.45, 7) is 20.0. The number of nitrogens with one attached hydrogen (secondary N) is 2. The van der Waals surface area contributed by atoms with Gasteiger partial charge in [0.05, 0.1) is 18.2 Å². The third-order valence-corrected chi connectivity index (χ3v) is 6.58. The van der Waals surface area contributed by atoms with Crippen molar-refractivity contribution < 1.29 is 19.1 Å². The van der Waals surface area contributed by atoms with E-state index >= 15 is 0 Å². The monoisotopic (exact) mass is 481 g/mol. The lowest BCUT2D eigenvalue weighted by Gasteiger charge is -2.37. The molecular formula is C27H51N3O4. The van der Waals surface area contributed by atoms with Crippen molar-refractivity contribution in [3.05, 3.63) is 11.6 Å². The highest BCUT2D eigenvalue weighted by Gasteiger charge is 2.39. The average molecular weight is 482 g/mol. The van der Waals surface area contributed by atoms with Crippen LogP contribution in [-0.2, 0) is 19.1 Å². The van der Waals surface area contributed by atoms with Gasteiger partial charge in [0.25, 0.3) is 0 Å². The molecule has 0 radical (unpaired) electrons.